The van der Waals surface area contributed by atoms with Crippen LogP contribution in [0.5, 0.6) is 0 Å². The third-order valence-electron chi connectivity index (χ3n) is 6.42. The zero-order chi connectivity index (χ0) is 18.5. The zero-order valence-electron chi connectivity index (χ0n) is 15.1. The molecule has 0 unspecified atom stereocenters. The lowest BCUT2D eigenvalue weighted by molar-refractivity contribution is -0.146. The molecule has 0 radical (unpaired) electrons. The first kappa shape index (κ1) is 16.5. The van der Waals surface area contributed by atoms with Crippen molar-refractivity contribution in [3.05, 3.63) is 36.2 Å². The highest BCUT2D eigenvalue weighted by Crippen LogP contribution is 2.48. The Morgan fingerprint density at radius 3 is 2.74 bits per heavy atom. The van der Waals surface area contributed by atoms with Crippen LogP contribution in [0.3, 0.4) is 0 Å². The predicted molar refractivity (Wildman–Crippen MR) is 101 cm³/mol. The molecule has 6 heteroatoms. The number of hydrogen-bond acceptors (Lipinski definition) is 3. The number of benzene rings is 1. The van der Waals surface area contributed by atoms with E-state index in [0.29, 0.717) is 5.69 Å². The molecular weight excluding hydrogens is 342 g/mol. The number of carboxylic acids is 1. The Hall–Kier alpha value is -2.63. The Labute approximate surface area is 157 Å². The number of carboxylic acid groups (broad SMARTS) is 1. The molecule has 2 N–H and O–H groups in total. The second kappa shape index (κ2) is 6.22. The molecule has 6 nitrogen and oxygen atoms in total. The lowest BCUT2D eigenvalue weighted by Crippen LogP contribution is -2.36. The number of nitrogens with one attached hydrogen (secondary N) is 1. The van der Waals surface area contributed by atoms with E-state index in [-0.39, 0.29) is 17.7 Å². The van der Waals surface area contributed by atoms with Crippen LogP contribution in [0.15, 0.2) is 30.4 Å². The van der Waals surface area contributed by atoms with Crippen molar-refractivity contribution in [3.8, 4) is 0 Å². The third-order valence-corrected chi connectivity index (χ3v) is 6.42. The topological polar surface area (TPSA) is 84.2 Å². The maximum Gasteiger partial charge on any atom is 0.307 e. The van der Waals surface area contributed by atoms with Gasteiger partial charge in [0.15, 0.2) is 0 Å². The first-order valence-corrected chi connectivity index (χ1v) is 9.83. The van der Waals surface area contributed by atoms with E-state index in [2.05, 4.69) is 9.88 Å². The molecule has 2 bridgehead atoms. The summed E-state index contributed by atoms with van der Waals surface area (Å²) in [6, 6.07) is 5.83. The largest absolute Gasteiger partial charge is 0.481 e. The number of fused-ring (bicyclic) bond motifs is 5. The molecule has 2 aliphatic carbocycles. The van der Waals surface area contributed by atoms with Gasteiger partial charge in [-0.2, -0.15) is 0 Å². The molecule has 1 saturated carbocycles. The van der Waals surface area contributed by atoms with Crippen LogP contribution < -0.4 is 5.32 Å². The van der Waals surface area contributed by atoms with Gasteiger partial charge >= 0.3 is 5.97 Å². The van der Waals surface area contributed by atoms with E-state index in [1.807, 2.05) is 30.4 Å². The second-order valence-electron chi connectivity index (χ2n) is 8.02. The fraction of sp³-hybridized carbons (Fsp3) is 0.476. The van der Waals surface area contributed by atoms with E-state index in [1.165, 1.54) is 19.3 Å². The van der Waals surface area contributed by atoms with E-state index in [1.54, 1.807) is 0 Å². The Bertz CT molecular complexity index is 961. The molecule has 3 aliphatic rings. The van der Waals surface area contributed by atoms with Crippen LogP contribution >= 0.6 is 0 Å². The number of carbonyl (C=O) groups is 2. The van der Waals surface area contributed by atoms with Crippen molar-refractivity contribution in [2.75, 3.05) is 5.32 Å². The highest BCUT2D eigenvalue weighted by Gasteiger charge is 2.51. The summed E-state index contributed by atoms with van der Waals surface area (Å²) in [7, 11) is 0. The highest BCUT2D eigenvalue weighted by atomic mass is 16.4. The number of nitrogens with zero attached hydrogens (tertiary/aromatic N) is 2. The molecule has 4 atom stereocenters. The van der Waals surface area contributed by atoms with E-state index in [9.17, 15) is 14.7 Å². The molecule has 5 rings (SSSR count). The molecular formula is C21H23N3O3. The standard InChI is InChI=1S/C21H23N3O3/c25-20(18-12-5-6-13(10-12)19(18)21(26)27)22-14-7-8-16-15(11-14)23-17-4-2-1-3-9-24(16)17/h5-8,11-13,18-19H,1-4,9-10H2,(H,22,25)(H,26,27)/t12-,13-,18+,19-/m0/s1. The highest BCUT2D eigenvalue weighted by molar-refractivity contribution is 5.97. The Morgan fingerprint density at radius 2 is 1.93 bits per heavy atom. The van der Waals surface area contributed by atoms with Gasteiger partial charge in [0, 0.05) is 18.7 Å². The molecule has 0 spiro atoms. The molecule has 0 saturated heterocycles. The smallest absolute Gasteiger partial charge is 0.307 e. The Kier molecular flexibility index (Phi) is 3.81. The zero-order valence-corrected chi connectivity index (χ0v) is 15.1. The van der Waals surface area contributed by atoms with E-state index >= 15 is 0 Å². The van der Waals surface area contributed by atoms with Crippen LogP contribution in [0, 0.1) is 23.7 Å². The van der Waals surface area contributed by atoms with Crippen LogP contribution in [0.25, 0.3) is 11.0 Å². The van der Waals surface area contributed by atoms with Gasteiger partial charge in [-0.3, -0.25) is 9.59 Å². The Morgan fingerprint density at radius 1 is 1.11 bits per heavy atom. The number of aliphatic carboxylic acids is 1. The van der Waals surface area contributed by atoms with Crippen LogP contribution in [0.4, 0.5) is 5.69 Å². The van der Waals surface area contributed by atoms with Crippen molar-refractivity contribution in [2.24, 2.45) is 23.7 Å². The molecule has 1 amide bonds. The van der Waals surface area contributed by atoms with Gasteiger partial charge in [0.2, 0.25) is 5.91 Å². The molecule has 1 aromatic heterocycles. The summed E-state index contributed by atoms with van der Waals surface area (Å²) in [6.45, 7) is 0.995. The van der Waals surface area contributed by atoms with Gasteiger partial charge in [0.25, 0.3) is 0 Å². The summed E-state index contributed by atoms with van der Waals surface area (Å²) in [5.41, 5.74) is 2.69. The summed E-state index contributed by atoms with van der Waals surface area (Å²) in [5.74, 6) is -1.05. The van der Waals surface area contributed by atoms with Crippen molar-refractivity contribution in [2.45, 2.75) is 38.6 Å². The van der Waals surface area contributed by atoms with Gasteiger partial charge in [0.1, 0.15) is 5.82 Å². The first-order chi connectivity index (χ1) is 13.1. The molecule has 1 aromatic carbocycles. The maximum absolute atomic E-state index is 12.9. The minimum atomic E-state index is -0.875. The molecule has 140 valence electrons. The SMILES string of the molecule is O=C(O)[C@@H]1[C@H](C(=O)Nc2ccc3c(c2)nc2n3CCCCC2)[C@H]2C=C[C@H]1C2. The average molecular weight is 365 g/mol. The number of imidazole rings is 1. The normalized spacial score (nSPS) is 28.9. The van der Waals surface area contributed by atoms with Gasteiger partial charge < -0.3 is 15.0 Å². The number of carbonyl (C=O) groups excluding carboxylic acids is 1. The van der Waals surface area contributed by atoms with Gasteiger partial charge in [-0.15, -0.1) is 0 Å². The lowest BCUT2D eigenvalue weighted by Gasteiger charge is -2.23. The summed E-state index contributed by atoms with van der Waals surface area (Å²) < 4.78 is 2.29. The van der Waals surface area contributed by atoms with E-state index in [4.69, 9.17) is 4.98 Å². The summed E-state index contributed by atoms with van der Waals surface area (Å²) in [5, 5.41) is 12.5. The number of hydrogen-bond donors (Lipinski definition) is 2. The molecule has 1 aliphatic heterocycles. The first-order valence-electron chi connectivity index (χ1n) is 9.83. The molecule has 1 fully saturated rings. The van der Waals surface area contributed by atoms with Crippen LogP contribution in [-0.4, -0.2) is 26.5 Å². The fourth-order valence-corrected chi connectivity index (χ4v) is 5.17. The quantitative estimate of drug-likeness (QED) is 0.818. The monoisotopic (exact) mass is 365 g/mol. The minimum Gasteiger partial charge on any atom is -0.481 e. The van der Waals surface area contributed by atoms with Gasteiger partial charge in [-0.25, -0.2) is 4.98 Å². The summed E-state index contributed by atoms with van der Waals surface area (Å²) >= 11 is 0. The lowest BCUT2D eigenvalue weighted by atomic mass is 9.82. The van der Waals surface area contributed by atoms with Crippen molar-refractivity contribution in [1.82, 2.24) is 9.55 Å². The number of aryl methyl sites for hydroxylation is 2. The maximum atomic E-state index is 12.9. The summed E-state index contributed by atoms with van der Waals surface area (Å²) in [4.78, 5) is 29.3. The summed E-state index contributed by atoms with van der Waals surface area (Å²) in [6.07, 6.45) is 9.30. The minimum absolute atomic E-state index is 0.0190. The van der Waals surface area contributed by atoms with Crippen molar-refractivity contribution in [3.63, 3.8) is 0 Å². The van der Waals surface area contributed by atoms with Crippen molar-refractivity contribution in [1.29, 1.82) is 0 Å². The number of amides is 1. The Balaban J connectivity index is 1.41. The van der Waals surface area contributed by atoms with Gasteiger partial charge in [-0.1, -0.05) is 18.6 Å². The predicted octanol–water partition coefficient (Wildman–Crippen LogP) is 3.22. The second-order valence-corrected chi connectivity index (χ2v) is 8.02. The van der Waals surface area contributed by atoms with Gasteiger partial charge in [-0.05, 0) is 49.3 Å². The number of allylic oxidation sites excluding steroid dienone is 2. The molecule has 27 heavy (non-hydrogen) atoms. The number of anilines is 1. The van der Waals surface area contributed by atoms with E-state index in [0.717, 1.165) is 36.2 Å². The van der Waals surface area contributed by atoms with Crippen molar-refractivity contribution < 1.29 is 14.7 Å². The number of aromatic nitrogens is 2. The average Bonchev–Trinajstić information content (AvgIpc) is 3.30. The van der Waals surface area contributed by atoms with Gasteiger partial charge in [0.05, 0.1) is 22.9 Å². The molecule has 2 aromatic rings. The number of rotatable bonds is 3. The van der Waals surface area contributed by atoms with Crippen molar-refractivity contribution >= 4 is 28.6 Å². The van der Waals surface area contributed by atoms with Crippen LogP contribution in [0.2, 0.25) is 0 Å². The van der Waals surface area contributed by atoms with Crippen LogP contribution in [0.1, 0.15) is 31.5 Å². The van der Waals surface area contributed by atoms with E-state index < -0.39 is 17.8 Å². The van der Waals surface area contributed by atoms with Crippen LogP contribution in [-0.2, 0) is 22.6 Å². The third kappa shape index (κ3) is 2.66. The fourth-order valence-electron chi connectivity index (χ4n) is 5.17. The molecule has 2 heterocycles.